The van der Waals surface area contributed by atoms with E-state index < -0.39 is 32.4 Å². The van der Waals surface area contributed by atoms with Crippen LogP contribution in [0, 0.1) is 22.9 Å². The molecule has 21 heavy (non-hydrogen) atoms. The quantitative estimate of drug-likeness (QED) is 0.790. The molecule has 0 bridgehead atoms. The number of alkyl halides is 1. The molecule has 3 nitrogen and oxygen atoms in total. The van der Waals surface area contributed by atoms with Gasteiger partial charge in [0, 0.05) is 24.0 Å². The molecule has 0 aliphatic heterocycles. The maximum Gasteiger partial charge on any atom is 0.246 e. The van der Waals surface area contributed by atoms with Gasteiger partial charge in [0.25, 0.3) is 0 Å². The van der Waals surface area contributed by atoms with Gasteiger partial charge in [0.1, 0.15) is 17.5 Å². The van der Waals surface area contributed by atoms with Crippen molar-refractivity contribution in [3.05, 3.63) is 29.6 Å². The zero-order chi connectivity index (χ0) is 15.7. The lowest BCUT2D eigenvalue weighted by atomic mass is 9.89. The highest BCUT2D eigenvalue weighted by molar-refractivity contribution is 9.09. The molecule has 1 aromatic carbocycles. The Balaban J connectivity index is 2.23. The van der Waals surface area contributed by atoms with E-state index in [9.17, 15) is 21.6 Å². The number of hydrogen-bond donors (Lipinski definition) is 1. The Bertz CT molecular complexity index is 607. The van der Waals surface area contributed by atoms with Crippen molar-refractivity contribution in [1.82, 2.24) is 4.72 Å². The molecule has 118 valence electrons. The molecule has 0 unspecified atom stereocenters. The van der Waals surface area contributed by atoms with Crippen molar-refractivity contribution in [2.45, 2.75) is 30.6 Å². The summed E-state index contributed by atoms with van der Waals surface area (Å²) in [5, 5.41) is 0.608. The Morgan fingerprint density at radius 2 is 1.67 bits per heavy atom. The van der Waals surface area contributed by atoms with E-state index in [1.54, 1.807) is 0 Å². The molecule has 1 fully saturated rings. The molecule has 1 aliphatic rings. The molecule has 0 heterocycles. The van der Waals surface area contributed by atoms with Gasteiger partial charge in [-0.3, -0.25) is 0 Å². The predicted molar refractivity (Wildman–Crippen MR) is 76.2 cm³/mol. The van der Waals surface area contributed by atoms with Crippen LogP contribution in [0.15, 0.2) is 17.0 Å². The zero-order valence-corrected chi connectivity index (χ0v) is 13.5. The second kappa shape index (κ2) is 6.26. The first-order valence-electron chi connectivity index (χ1n) is 6.50. The Kier molecular flexibility index (Phi) is 4.99. The molecule has 0 aromatic heterocycles. The maximum absolute atomic E-state index is 13.6. The molecular formula is C13H15BrF3NO2S. The average molecular weight is 386 g/mol. The number of rotatable bonds is 5. The number of nitrogens with one attached hydrogen (secondary N) is 1. The van der Waals surface area contributed by atoms with E-state index in [-0.39, 0.29) is 12.0 Å². The van der Waals surface area contributed by atoms with Gasteiger partial charge in [-0.1, -0.05) is 28.8 Å². The standard InChI is InChI=1S/C13H15BrF3NO2S/c14-7-13(3-1-2-4-13)8-18-21(19,20)12-10(16)5-9(15)6-11(12)17/h5-6,18H,1-4,7-8H2. The van der Waals surface area contributed by atoms with E-state index in [4.69, 9.17) is 0 Å². The summed E-state index contributed by atoms with van der Waals surface area (Å²) in [5.74, 6) is -4.02. The molecule has 0 spiro atoms. The second-order valence-electron chi connectivity index (χ2n) is 5.36. The Labute approximate surface area is 130 Å². The fourth-order valence-corrected chi connectivity index (χ4v) is 4.62. The first-order valence-corrected chi connectivity index (χ1v) is 9.10. The van der Waals surface area contributed by atoms with Crippen LogP contribution in [-0.2, 0) is 10.0 Å². The Morgan fingerprint density at radius 1 is 1.14 bits per heavy atom. The number of hydrogen-bond acceptors (Lipinski definition) is 2. The largest absolute Gasteiger partial charge is 0.246 e. The molecule has 0 saturated heterocycles. The molecule has 0 amide bonds. The van der Waals surface area contributed by atoms with Crippen LogP contribution in [-0.4, -0.2) is 20.3 Å². The zero-order valence-electron chi connectivity index (χ0n) is 11.1. The van der Waals surface area contributed by atoms with E-state index in [2.05, 4.69) is 20.7 Å². The SMILES string of the molecule is O=S(=O)(NCC1(CBr)CCCC1)c1c(F)cc(F)cc1F. The van der Waals surface area contributed by atoms with Crippen molar-refractivity contribution >= 4 is 26.0 Å². The van der Waals surface area contributed by atoms with Crippen molar-refractivity contribution in [1.29, 1.82) is 0 Å². The molecule has 1 N–H and O–H groups in total. The van der Waals surface area contributed by atoms with E-state index in [1.165, 1.54) is 0 Å². The van der Waals surface area contributed by atoms with Crippen LogP contribution in [0.25, 0.3) is 0 Å². The van der Waals surface area contributed by atoms with Gasteiger partial charge in [-0.15, -0.1) is 0 Å². The molecule has 1 saturated carbocycles. The summed E-state index contributed by atoms with van der Waals surface area (Å²) in [6.45, 7) is 0.0941. The average Bonchev–Trinajstić information content (AvgIpc) is 2.84. The molecule has 0 radical (unpaired) electrons. The minimum atomic E-state index is -4.36. The summed E-state index contributed by atoms with van der Waals surface area (Å²) >= 11 is 3.36. The number of sulfonamides is 1. The fraction of sp³-hybridized carbons (Fsp3) is 0.538. The van der Waals surface area contributed by atoms with Gasteiger partial charge >= 0.3 is 0 Å². The lowest BCUT2D eigenvalue weighted by Crippen LogP contribution is -2.37. The van der Waals surface area contributed by atoms with Gasteiger partial charge in [0.15, 0.2) is 4.90 Å². The van der Waals surface area contributed by atoms with Crippen LogP contribution in [0.4, 0.5) is 13.2 Å². The summed E-state index contributed by atoms with van der Waals surface area (Å²) in [7, 11) is -4.36. The van der Waals surface area contributed by atoms with Crippen molar-refractivity contribution in [2.24, 2.45) is 5.41 Å². The third-order valence-electron chi connectivity index (χ3n) is 3.82. The van der Waals surface area contributed by atoms with E-state index >= 15 is 0 Å². The predicted octanol–water partition coefficient (Wildman–Crippen LogP) is 3.34. The van der Waals surface area contributed by atoms with E-state index in [0.717, 1.165) is 25.7 Å². The third-order valence-corrected chi connectivity index (χ3v) is 6.46. The van der Waals surface area contributed by atoms with Crippen LogP contribution in [0.5, 0.6) is 0 Å². The normalized spacial score (nSPS) is 18.1. The number of benzene rings is 1. The lowest BCUT2D eigenvalue weighted by Gasteiger charge is -2.26. The molecule has 2 rings (SSSR count). The van der Waals surface area contributed by atoms with Gasteiger partial charge in [-0.05, 0) is 18.3 Å². The van der Waals surface area contributed by atoms with Crippen molar-refractivity contribution in [3.8, 4) is 0 Å². The van der Waals surface area contributed by atoms with Crippen molar-refractivity contribution in [3.63, 3.8) is 0 Å². The fourth-order valence-electron chi connectivity index (χ4n) is 2.59. The summed E-state index contributed by atoms with van der Waals surface area (Å²) in [4.78, 5) is -1.13. The van der Waals surface area contributed by atoms with Crippen LogP contribution in [0.1, 0.15) is 25.7 Å². The summed E-state index contributed by atoms with van der Waals surface area (Å²) in [6, 6.07) is 0.709. The summed E-state index contributed by atoms with van der Waals surface area (Å²) in [5.41, 5.74) is -0.236. The summed E-state index contributed by atoms with van der Waals surface area (Å²) < 4.78 is 66.4. The molecule has 0 atom stereocenters. The summed E-state index contributed by atoms with van der Waals surface area (Å²) in [6.07, 6.45) is 3.67. The van der Waals surface area contributed by atoms with Gasteiger partial charge in [0.05, 0.1) is 0 Å². The highest BCUT2D eigenvalue weighted by atomic mass is 79.9. The molecule has 1 aliphatic carbocycles. The third kappa shape index (κ3) is 3.60. The second-order valence-corrected chi connectivity index (χ2v) is 7.63. The highest BCUT2D eigenvalue weighted by Gasteiger charge is 2.35. The first-order chi connectivity index (χ1) is 9.80. The van der Waals surface area contributed by atoms with Crippen LogP contribution < -0.4 is 4.72 Å². The Morgan fingerprint density at radius 3 is 2.14 bits per heavy atom. The van der Waals surface area contributed by atoms with Gasteiger partial charge in [0.2, 0.25) is 10.0 Å². The highest BCUT2D eigenvalue weighted by Crippen LogP contribution is 2.39. The molecule has 8 heteroatoms. The maximum atomic E-state index is 13.6. The van der Waals surface area contributed by atoms with Crippen LogP contribution in [0.2, 0.25) is 0 Å². The minimum Gasteiger partial charge on any atom is -0.210 e. The number of halogens is 4. The van der Waals surface area contributed by atoms with Gasteiger partial charge < -0.3 is 0 Å². The van der Waals surface area contributed by atoms with Crippen molar-refractivity contribution in [2.75, 3.05) is 11.9 Å². The Hall–Kier alpha value is -0.600. The lowest BCUT2D eigenvalue weighted by molar-refractivity contribution is 0.347. The van der Waals surface area contributed by atoms with E-state index in [1.807, 2.05) is 0 Å². The van der Waals surface area contributed by atoms with Crippen LogP contribution in [0.3, 0.4) is 0 Å². The van der Waals surface area contributed by atoms with Gasteiger partial charge in [-0.2, -0.15) is 0 Å². The molecular weight excluding hydrogens is 371 g/mol. The first kappa shape index (κ1) is 16.8. The van der Waals surface area contributed by atoms with E-state index in [0.29, 0.717) is 17.5 Å². The smallest absolute Gasteiger partial charge is 0.210 e. The van der Waals surface area contributed by atoms with Crippen LogP contribution >= 0.6 is 15.9 Å². The van der Waals surface area contributed by atoms with Crippen molar-refractivity contribution < 1.29 is 21.6 Å². The monoisotopic (exact) mass is 385 g/mol. The van der Waals surface area contributed by atoms with Gasteiger partial charge in [-0.25, -0.2) is 26.3 Å². The minimum absolute atomic E-state index is 0.0941. The topological polar surface area (TPSA) is 46.2 Å². The molecule has 1 aromatic rings.